The van der Waals surface area contributed by atoms with Crippen molar-refractivity contribution in [1.29, 1.82) is 0 Å². The summed E-state index contributed by atoms with van der Waals surface area (Å²) in [5.41, 5.74) is 4.98. The van der Waals surface area contributed by atoms with Gasteiger partial charge < -0.3 is 43.8 Å². The van der Waals surface area contributed by atoms with Crippen molar-refractivity contribution in [3.63, 3.8) is 0 Å². The number of benzene rings is 3. The number of nitrogens with one attached hydrogen (secondary N) is 1. The first-order valence-corrected chi connectivity index (χ1v) is 19.4. The van der Waals surface area contributed by atoms with Gasteiger partial charge in [-0.05, 0) is 43.9 Å². The lowest BCUT2D eigenvalue weighted by Crippen LogP contribution is -2.46. The number of carbonyl (C=O) groups is 3. The predicted octanol–water partition coefficient (Wildman–Crippen LogP) is 2.39. The molecule has 300 valence electrons. The molecule has 14 heteroatoms. The van der Waals surface area contributed by atoms with Gasteiger partial charge in [-0.3, -0.25) is 19.3 Å². The highest BCUT2D eigenvalue weighted by atomic mass is 16.5. The first-order chi connectivity index (χ1) is 27.2. The Labute approximate surface area is 328 Å². The molecule has 2 amide bonds. The fourth-order valence-electron chi connectivity index (χ4n) is 7.08. The van der Waals surface area contributed by atoms with Crippen LogP contribution < -0.4 is 20.1 Å². The van der Waals surface area contributed by atoms with E-state index in [0.717, 1.165) is 96.8 Å². The molecule has 1 aliphatic carbocycles. The number of carbonyl (C=O) groups excluding carboxylic acids is 2. The van der Waals surface area contributed by atoms with Crippen LogP contribution in [-0.4, -0.2) is 164 Å². The molecular weight excluding hydrogens is 716 g/mol. The molecule has 6 rings (SSSR count). The quantitative estimate of drug-likeness (QED) is 0.0930. The first-order valence-electron chi connectivity index (χ1n) is 19.4. The molecule has 0 bridgehead atoms. The Morgan fingerprint density at radius 1 is 0.804 bits per heavy atom. The summed E-state index contributed by atoms with van der Waals surface area (Å²) < 4.78 is 25.3. The van der Waals surface area contributed by atoms with Gasteiger partial charge in [0.2, 0.25) is 11.3 Å². The van der Waals surface area contributed by atoms with Crippen LogP contribution in [0.5, 0.6) is 0 Å². The van der Waals surface area contributed by atoms with Crippen molar-refractivity contribution in [2.24, 2.45) is 0 Å². The number of aliphatic carboxylic acids is 1. The van der Waals surface area contributed by atoms with Crippen LogP contribution in [0.2, 0.25) is 0 Å². The maximum absolute atomic E-state index is 14.1. The zero-order chi connectivity index (χ0) is 39.4. The third kappa shape index (κ3) is 10.7. The fraction of sp³-hybridized carbons (Fsp3) is 0.476. The Hall–Kier alpha value is -4.86. The predicted molar refractivity (Wildman–Crippen MR) is 215 cm³/mol. The Balaban J connectivity index is 1.16. The molecule has 14 nitrogen and oxygen atoms in total. The van der Waals surface area contributed by atoms with E-state index in [1.54, 1.807) is 7.05 Å². The van der Waals surface area contributed by atoms with Crippen LogP contribution in [0.25, 0.3) is 33.4 Å². The maximum atomic E-state index is 14.1. The van der Waals surface area contributed by atoms with Gasteiger partial charge in [0.1, 0.15) is 11.3 Å². The number of nitrogens with zero attached hydrogens (tertiary/aromatic N) is 5. The van der Waals surface area contributed by atoms with E-state index in [9.17, 15) is 14.4 Å². The van der Waals surface area contributed by atoms with Gasteiger partial charge in [-0.1, -0.05) is 18.2 Å². The highest BCUT2D eigenvalue weighted by Crippen LogP contribution is 2.42. The van der Waals surface area contributed by atoms with Gasteiger partial charge in [0.25, 0.3) is 5.91 Å². The minimum Gasteiger partial charge on any atom is -0.481 e. The first kappa shape index (κ1) is 40.8. The van der Waals surface area contributed by atoms with Crippen LogP contribution in [0.3, 0.4) is 0 Å². The van der Waals surface area contributed by atoms with Crippen LogP contribution in [-0.2, 0) is 23.8 Å². The van der Waals surface area contributed by atoms with Crippen molar-refractivity contribution in [3.8, 4) is 22.5 Å². The molecule has 2 saturated heterocycles. The van der Waals surface area contributed by atoms with Crippen molar-refractivity contribution in [2.45, 2.75) is 6.42 Å². The van der Waals surface area contributed by atoms with E-state index in [1.165, 1.54) is 4.90 Å². The minimum atomic E-state index is -0.900. The second-order valence-corrected chi connectivity index (χ2v) is 14.5. The molecule has 3 heterocycles. The summed E-state index contributed by atoms with van der Waals surface area (Å²) in [4.78, 5) is 46.0. The highest BCUT2D eigenvalue weighted by Gasteiger charge is 2.26. The Bertz CT molecular complexity index is 2000. The lowest BCUT2D eigenvalue weighted by molar-refractivity contribution is -0.138. The monoisotopic (exact) mass is 771 g/mol. The van der Waals surface area contributed by atoms with Crippen molar-refractivity contribution in [3.05, 3.63) is 71.6 Å². The van der Waals surface area contributed by atoms with Crippen molar-refractivity contribution in [1.82, 2.24) is 24.6 Å². The summed E-state index contributed by atoms with van der Waals surface area (Å²) in [5.74, 6) is -0.700. The molecule has 0 radical (unpaired) electrons. The van der Waals surface area contributed by atoms with Crippen LogP contribution >= 0.6 is 0 Å². The van der Waals surface area contributed by atoms with Crippen molar-refractivity contribution >= 4 is 34.4 Å². The van der Waals surface area contributed by atoms with Gasteiger partial charge in [-0.2, -0.15) is 0 Å². The molecule has 2 aromatic rings. The standard InChI is InChI=1S/C42H54N6O8/c1-44-14-18-47(19-15-44)31-8-10-35-37(28-31)56-38-29-32(48-20-16-45(2)17-21-48)9-11-36(38)41(35)33-6-4-5-7-34(33)42(52)46(3)30-39(49)43-13-23-54-25-27-55-26-24-53-22-12-40(50)51/h4-11,28-29H,12-27,30H2,1-3H3,(H-,43,49,50,51)/p+1. The lowest BCUT2D eigenvalue weighted by Gasteiger charge is -2.34. The SMILES string of the molecule is CN1CCN(c2ccc3c(-c4ccccc4C(=O)N(C)CC(=O)NCCOCCOCCOCCC(=O)O)c4ccc(=[N+]5CCN(C)CC5)cc-4oc3c2)CC1. The van der Waals surface area contributed by atoms with Crippen LogP contribution in [0, 0.1) is 0 Å². The molecule has 0 atom stereocenters. The number of anilines is 1. The number of hydrogen-bond acceptors (Lipinski definition) is 10. The number of piperazine rings is 2. The van der Waals surface area contributed by atoms with Crippen LogP contribution in [0.4, 0.5) is 5.69 Å². The van der Waals surface area contributed by atoms with E-state index in [0.29, 0.717) is 32.0 Å². The number of ether oxygens (including phenoxy) is 3. The third-order valence-corrected chi connectivity index (χ3v) is 10.4. The van der Waals surface area contributed by atoms with E-state index >= 15 is 0 Å². The fourth-order valence-corrected chi connectivity index (χ4v) is 7.08. The van der Waals surface area contributed by atoms with E-state index in [-0.39, 0.29) is 44.5 Å². The molecule has 3 aliphatic heterocycles. The number of amides is 2. The number of carboxylic acids is 1. The number of carboxylic acid groups (broad SMARTS) is 1. The van der Waals surface area contributed by atoms with Crippen molar-refractivity contribution < 1.29 is 38.1 Å². The topological polar surface area (TPSA) is 140 Å². The van der Waals surface area contributed by atoms with Gasteiger partial charge in [0, 0.05) is 79.7 Å². The van der Waals surface area contributed by atoms with Crippen molar-refractivity contribution in [2.75, 3.05) is 131 Å². The number of hydrogen-bond donors (Lipinski definition) is 2. The van der Waals surface area contributed by atoms with Gasteiger partial charge in [0.15, 0.2) is 13.1 Å². The molecule has 2 fully saturated rings. The van der Waals surface area contributed by atoms with Crippen LogP contribution in [0.1, 0.15) is 16.8 Å². The minimum absolute atomic E-state index is 0.0393. The van der Waals surface area contributed by atoms with Gasteiger partial charge in [0.05, 0.1) is 71.8 Å². The third-order valence-electron chi connectivity index (χ3n) is 10.4. The summed E-state index contributed by atoms with van der Waals surface area (Å²) in [5, 5.41) is 13.5. The van der Waals surface area contributed by atoms with E-state index in [2.05, 4.69) is 75.1 Å². The molecule has 2 aromatic carbocycles. The zero-order valence-corrected chi connectivity index (χ0v) is 32.8. The number of likely N-dealkylation sites (N-methyl/N-ethyl adjacent to an activating group) is 3. The number of rotatable bonds is 17. The van der Waals surface area contributed by atoms with Crippen LogP contribution in [0.15, 0.2) is 65.1 Å². The maximum Gasteiger partial charge on any atom is 0.305 e. The molecule has 56 heavy (non-hydrogen) atoms. The molecule has 0 spiro atoms. The summed E-state index contributed by atoms with van der Waals surface area (Å²) in [7, 11) is 5.94. The molecule has 0 saturated carbocycles. The molecular formula is C42H55N6O8+. The van der Waals surface area contributed by atoms with Gasteiger partial charge >= 0.3 is 5.97 Å². The largest absolute Gasteiger partial charge is 0.481 e. The normalized spacial score (nSPS) is 15.4. The summed E-state index contributed by atoms with van der Waals surface area (Å²) in [6.07, 6.45) is -0.0393. The van der Waals surface area contributed by atoms with Gasteiger partial charge in [-0.25, -0.2) is 4.58 Å². The molecule has 2 N–H and O–H groups in total. The summed E-state index contributed by atoms with van der Waals surface area (Å²) in [6, 6.07) is 20.4. The Morgan fingerprint density at radius 2 is 1.48 bits per heavy atom. The Kier molecular flexibility index (Phi) is 14.4. The smallest absolute Gasteiger partial charge is 0.305 e. The second kappa shape index (κ2) is 19.8. The summed E-state index contributed by atoms with van der Waals surface area (Å²) in [6.45, 7) is 9.66. The van der Waals surface area contributed by atoms with E-state index < -0.39 is 5.97 Å². The van der Waals surface area contributed by atoms with E-state index in [4.69, 9.17) is 23.7 Å². The number of fused-ring (bicyclic) bond motifs is 2. The highest BCUT2D eigenvalue weighted by molar-refractivity contribution is 6.09. The summed E-state index contributed by atoms with van der Waals surface area (Å²) >= 11 is 0. The average Bonchev–Trinajstić information content (AvgIpc) is 3.20. The molecule has 4 aliphatic rings. The molecule has 0 unspecified atom stereocenters. The second-order valence-electron chi connectivity index (χ2n) is 14.5. The van der Waals surface area contributed by atoms with Gasteiger partial charge in [-0.15, -0.1) is 0 Å². The Morgan fingerprint density at radius 3 is 2.21 bits per heavy atom. The average molecular weight is 772 g/mol. The zero-order valence-electron chi connectivity index (χ0n) is 32.8. The van der Waals surface area contributed by atoms with E-state index in [1.807, 2.05) is 24.3 Å². The lowest BCUT2D eigenvalue weighted by atomic mass is 9.90. The molecule has 0 aromatic heterocycles.